The monoisotopic (exact) mass is 283 g/mol. The lowest BCUT2D eigenvalue weighted by atomic mass is 10.0. The summed E-state index contributed by atoms with van der Waals surface area (Å²) in [4.78, 5) is 4.23. The zero-order chi connectivity index (χ0) is 11.7. The molecule has 82 valence electrons. The summed E-state index contributed by atoms with van der Waals surface area (Å²) in [6, 6.07) is 18.9. The first kappa shape index (κ1) is 10.5. The maximum Gasteiger partial charge on any atom is 0.106 e. The van der Waals surface area contributed by atoms with Gasteiger partial charge in [-0.25, -0.2) is 4.98 Å². The second kappa shape index (κ2) is 4.30. The lowest BCUT2D eigenvalue weighted by molar-refractivity contribution is 1.31. The van der Waals surface area contributed by atoms with Gasteiger partial charge >= 0.3 is 0 Å². The van der Waals surface area contributed by atoms with Crippen LogP contribution in [0.25, 0.3) is 21.9 Å². The molecule has 2 heteroatoms. The zero-order valence-electron chi connectivity index (χ0n) is 9.10. The Labute approximate surface area is 108 Å². The Bertz CT molecular complexity index is 662. The summed E-state index contributed by atoms with van der Waals surface area (Å²) in [6.07, 6.45) is 1.88. The number of hydrogen-bond donors (Lipinski definition) is 0. The number of benzene rings is 2. The van der Waals surface area contributed by atoms with Crippen molar-refractivity contribution in [3.8, 4) is 11.1 Å². The molecule has 0 amide bonds. The summed E-state index contributed by atoms with van der Waals surface area (Å²) >= 11 is 3.40. The number of aromatic nitrogens is 1. The van der Waals surface area contributed by atoms with E-state index in [9.17, 15) is 0 Å². The largest absolute Gasteiger partial charge is 0.249 e. The van der Waals surface area contributed by atoms with E-state index in [4.69, 9.17) is 0 Å². The van der Waals surface area contributed by atoms with Crippen molar-refractivity contribution in [2.24, 2.45) is 0 Å². The summed E-state index contributed by atoms with van der Waals surface area (Å²) in [6.45, 7) is 0. The molecule has 1 nitrogen and oxygen atoms in total. The average Bonchev–Trinajstić information content (AvgIpc) is 2.39. The molecule has 0 fully saturated rings. The normalized spacial score (nSPS) is 10.6. The summed E-state index contributed by atoms with van der Waals surface area (Å²) in [5.41, 5.74) is 2.47. The van der Waals surface area contributed by atoms with Gasteiger partial charge in [0.1, 0.15) is 4.60 Å². The van der Waals surface area contributed by atoms with Crippen molar-refractivity contribution in [2.75, 3.05) is 0 Å². The summed E-state index contributed by atoms with van der Waals surface area (Å²) < 4.78 is 0.871. The molecule has 1 aromatic heterocycles. The SMILES string of the molecule is Brc1cc2cc(-c3ccccc3)ccc2cn1. The fourth-order valence-electron chi connectivity index (χ4n) is 1.92. The van der Waals surface area contributed by atoms with Crippen molar-refractivity contribution in [1.82, 2.24) is 4.98 Å². The molecule has 0 unspecified atom stereocenters. The van der Waals surface area contributed by atoms with Crippen molar-refractivity contribution >= 4 is 26.7 Å². The summed E-state index contributed by atoms with van der Waals surface area (Å²) in [5.74, 6) is 0. The zero-order valence-corrected chi connectivity index (χ0v) is 10.7. The molecule has 3 aromatic rings. The molecule has 0 radical (unpaired) electrons. The Hall–Kier alpha value is -1.67. The Morgan fingerprint density at radius 3 is 2.41 bits per heavy atom. The first-order chi connectivity index (χ1) is 8.33. The molecule has 0 spiro atoms. The van der Waals surface area contributed by atoms with Gasteiger partial charge in [0.2, 0.25) is 0 Å². The third-order valence-electron chi connectivity index (χ3n) is 2.80. The minimum Gasteiger partial charge on any atom is -0.249 e. The molecule has 0 atom stereocenters. The van der Waals surface area contributed by atoms with Crippen LogP contribution in [0.2, 0.25) is 0 Å². The first-order valence-electron chi connectivity index (χ1n) is 5.44. The smallest absolute Gasteiger partial charge is 0.106 e. The van der Waals surface area contributed by atoms with Crippen molar-refractivity contribution in [3.63, 3.8) is 0 Å². The van der Waals surface area contributed by atoms with E-state index in [2.05, 4.69) is 63.4 Å². The molecule has 0 N–H and O–H groups in total. The highest BCUT2D eigenvalue weighted by Crippen LogP contribution is 2.25. The summed E-state index contributed by atoms with van der Waals surface area (Å²) in [7, 11) is 0. The van der Waals surface area contributed by atoms with Gasteiger partial charge in [-0.3, -0.25) is 0 Å². The highest BCUT2D eigenvalue weighted by Gasteiger charge is 2.00. The van der Waals surface area contributed by atoms with E-state index in [0.29, 0.717) is 0 Å². The van der Waals surface area contributed by atoms with Crippen molar-refractivity contribution in [1.29, 1.82) is 0 Å². The van der Waals surface area contributed by atoms with Crippen LogP contribution in [0, 0.1) is 0 Å². The van der Waals surface area contributed by atoms with Crippen LogP contribution in [0.4, 0.5) is 0 Å². The number of halogens is 1. The predicted molar refractivity (Wildman–Crippen MR) is 74.9 cm³/mol. The van der Waals surface area contributed by atoms with E-state index in [-0.39, 0.29) is 0 Å². The van der Waals surface area contributed by atoms with Gasteiger partial charge in [0, 0.05) is 11.6 Å². The molecule has 0 saturated carbocycles. The van der Waals surface area contributed by atoms with E-state index >= 15 is 0 Å². The van der Waals surface area contributed by atoms with Crippen molar-refractivity contribution < 1.29 is 0 Å². The standard InChI is InChI=1S/C15H10BrN/c16-15-9-14-8-12(6-7-13(14)10-17-15)11-4-2-1-3-5-11/h1-10H. The minimum atomic E-state index is 0.871. The van der Waals surface area contributed by atoms with E-state index in [1.54, 1.807) is 0 Å². The van der Waals surface area contributed by atoms with Crippen molar-refractivity contribution in [2.45, 2.75) is 0 Å². The number of pyridine rings is 1. The van der Waals surface area contributed by atoms with Gasteiger partial charge in [0.15, 0.2) is 0 Å². The lowest BCUT2D eigenvalue weighted by Crippen LogP contribution is -1.81. The maximum absolute atomic E-state index is 4.23. The van der Waals surface area contributed by atoms with E-state index in [0.717, 1.165) is 9.99 Å². The molecule has 17 heavy (non-hydrogen) atoms. The van der Waals surface area contributed by atoms with Crippen LogP contribution in [0.3, 0.4) is 0 Å². The second-order valence-corrected chi connectivity index (χ2v) is 4.75. The van der Waals surface area contributed by atoms with Gasteiger partial charge in [-0.15, -0.1) is 0 Å². The van der Waals surface area contributed by atoms with Crippen LogP contribution in [-0.2, 0) is 0 Å². The molecule has 0 aliphatic heterocycles. The molecule has 1 heterocycles. The average molecular weight is 284 g/mol. The highest BCUT2D eigenvalue weighted by atomic mass is 79.9. The lowest BCUT2D eigenvalue weighted by Gasteiger charge is -2.04. The van der Waals surface area contributed by atoms with Gasteiger partial charge in [-0.2, -0.15) is 0 Å². The molecule has 0 aliphatic carbocycles. The van der Waals surface area contributed by atoms with Gasteiger partial charge in [0.05, 0.1) is 0 Å². The Morgan fingerprint density at radius 2 is 1.59 bits per heavy atom. The maximum atomic E-state index is 4.23. The molecule has 0 aliphatic rings. The molecule has 2 aromatic carbocycles. The highest BCUT2D eigenvalue weighted by molar-refractivity contribution is 9.10. The van der Waals surface area contributed by atoms with Crippen LogP contribution in [0.1, 0.15) is 0 Å². The van der Waals surface area contributed by atoms with Gasteiger partial charge < -0.3 is 0 Å². The van der Waals surface area contributed by atoms with E-state index in [1.165, 1.54) is 16.5 Å². The molecule has 3 rings (SSSR count). The fourth-order valence-corrected chi connectivity index (χ4v) is 2.27. The fraction of sp³-hybridized carbons (Fsp3) is 0. The van der Waals surface area contributed by atoms with E-state index < -0.39 is 0 Å². The minimum absolute atomic E-state index is 0.871. The predicted octanol–water partition coefficient (Wildman–Crippen LogP) is 4.66. The third-order valence-corrected chi connectivity index (χ3v) is 3.23. The summed E-state index contributed by atoms with van der Waals surface area (Å²) in [5, 5.41) is 2.36. The number of rotatable bonds is 1. The number of hydrogen-bond acceptors (Lipinski definition) is 1. The second-order valence-electron chi connectivity index (χ2n) is 3.93. The molecular weight excluding hydrogens is 274 g/mol. The van der Waals surface area contributed by atoms with Crippen LogP contribution in [0.15, 0.2) is 65.4 Å². The quantitative estimate of drug-likeness (QED) is 0.592. The van der Waals surface area contributed by atoms with Gasteiger partial charge in [0.25, 0.3) is 0 Å². The van der Waals surface area contributed by atoms with Crippen LogP contribution >= 0.6 is 15.9 Å². The van der Waals surface area contributed by atoms with Crippen molar-refractivity contribution in [3.05, 3.63) is 65.4 Å². The molecule has 0 saturated heterocycles. The topological polar surface area (TPSA) is 12.9 Å². The van der Waals surface area contributed by atoms with Crippen LogP contribution < -0.4 is 0 Å². The Morgan fingerprint density at radius 1 is 0.765 bits per heavy atom. The van der Waals surface area contributed by atoms with Crippen LogP contribution in [0.5, 0.6) is 0 Å². The first-order valence-corrected chi connectivity index (χ1v) is 6.23. The van der Waals surface area contributed by atoms with E-state index in [1.807, 2.05) is 18.3 Å². The molecule has 0 bridgehead atoms. The number of fused-ring (bicyclic) bond motifs is 1. The number of nitrogens with zero attached hydrogens (tertiary/aromatic N) is 1. The third kappa shape index (κ3) is 2.08. The van der Waals surface area contributed by atoms with Gasteiger partial charge in [-0.05, 0) is 44.6 Å². The van der Waals surface area contributed by atoms with Gasteiger partial charge in [-0.1, -0.05) is 42.5 Å². The molecular formula is C15H10BrN. The Balaban J connectivity index is 2.19. The van der Waals surface area contributed by atoms with Crippen LogP contribution in [-0.4, -0.2) is 4.98 Å². The Kier molecular flexibility index (Phi) is 2.65.